The van der Waals surface area contributed by atoms with Gasteiger partial charge in [0.15, 0.2) is 0 Å². The fraction of sp³-hybridized carbons (Fsp3) is 0.385. The van der Waals surface area contributed by atoms with Gasteiger partial charge >= 0.3 is 6.18 Å². The Morgan fingerprint density at radius 3 is 2.45 bits per heavy atom. The van der Waals surface area contributed by atoms with Crippen LogP contribution in [0.15, 0.2) is 24.3 Å². The van der Waals surface area contributed by atoms with Gasteiger partial charge in [-0.25, -0.2) is 0 Å². The highest BCUT2D eigenvalue weighted by Gasteiger charge is 2.68. The van der Waals surface area contributed by atoms with Gasteiger partial charge in [0, 0.05) is 12.1 Å². The van der Waals surface area contributed by atoms with Gasteiger partial charge in [-0.3, -0.25) is 9.59 Å². The summed E-state index contributed by atoms with van der Waals surface area (Å²) in [6.45, 7) is -0.0716. The number of nitrogens with two attached hydrogens (primary N) is 1. The van der Waals surface area contributed by atoms with E-state index in [0.29, 0.717) is 5.56 Å². The summed E-state index contributed by atoms with van der Waals surface area (Å²) in [5, 5.41) is 2.26. The number of carbonyl (C=O) groups excluding carboxylic acids is 2. The molecule has 0 spiro atoms. The molecule has 0 bridgehead atoms. The zero-order chi connectivity index (χ0) is 15.0. The Labute approximate surface area is 113 Å². The summed E-state index contributed by atoms with van der Waals surface area (Å²) in [7, 11) is 0. The molecule has 0 saturated heterocycles. The minimum atomic E-state index is -4.52. The maximum atomic E-state index is 12.7. The Kier molecular flexibility index (Phi) is 3.45. The molecule has 1 aliphatic carbocycles. The van der Waals surface area contributed by atoms with Crippen molar-refractivity contribution in [2.24, 2.45) is 11.1 Å². The van der Waals surface area contributed by atoms with Gasteiger partial charge in [0.1, 0.15) is 5.41 Å². The number of hydrogen-bond acceptors (Lipinski definition) is 2. The molecule has 0 atom stereocenters. The number of nitrogens with one attached hydrogen (secondary N) is 1. The zero-order valence-corrected chi connectivity index (χ0v) is 10.5. The number of carbonyl (C=O) groups is 2. The zero-order valence-electron chi connectivity index (χ0n) is 10.5. The summed E-state index contributed by atoms with van der Waals surface area (Å²) in [4.78, 5) is 22.6. The minimum absolute atomic E-state index is 0.0716. The summed E-state index contributed by atoms with van der Waals surface area (Å²) in [5.41, 5.74) is 3.64. The summed E-state index contributed by atoms with van der Waals surface area (Å²) in [6, 6.07) is 6.08. The van der Waals surface area contributed by atoms with Gasteiger partial charge in [-0.15, -0.1) is 0 Å². The number of primary amides is 1. The van der Waals surface area contributed by atoms with Crippen LogP contribution >= 0.6 is 0 Å². The van der Waals surface area contributed by atoms with Gasteiger partial charge in [0.2, 0.25) is 11.8 Å². The van der Waals surface area contributed by atoms with Gasteiger partial charge in [-0.2, -0.15) is 13.2 Å². The molecule has 1 aromatic rings. The standard InChI is InChI=1S/C13H13F3N2O2/c14-13(15,16)12(4-5-12)11(20)18-7-8-2-1-3-9(6-8)10(17)19/h1-3,6H,4-5,7H2,(H2,17,19)(H,18,20). The molecule has 2 amide bonds. The number of amides is 2. The van der Waals surface area contributed by atoms with Gasteiger partial charge in [0.05, 0.1) is 0 Å². The van der Waals surface area contributed by atoms with Crippen molar-refractivity contribution >= 4 is 11.8 Å². The Hall–Kier alpha value is -2.05. The van der Waals surface area contributed by atoms with Gasteiger partial charge in [-0.1, -0.05) is 12.1 Å². The van der Waals surface area contributed by atoms with E-state index in [9.17, 15) is 22.8 Å². The van der Waals surface area contributed by atoms with Crippen LogP contribution in [0, 0.1) is 5.41 Å². The van der Waals surface area contributed by atoms with E-state index < -0.39 is 23.4 Å². The second kappa shape index (κ2) is 4.81. The number of benzene rings is 1. The van der Waals surface area contributed by atoms with Crippen molar-refractivity contribution in [1.29, 1.82) is 0 Å². The van der Waals surface area contributed by atoms with Crippen molar-refractivity contribution in [2.75, 3.05) is 0 Å². The molecular formula is C13H13F3N2O2. The molecule has 1 aliphatic rings. The molecule has 3 N–H and O–H groups in total. The molecule has 4 nitrogen and oxygen atoms in total. The molecule has 7 heteroatoms. The van der Waals surface area contributed by atoms with Crippen LogP contribution in [-0.4, -0.2) is 18.0 Å². The molecule has 0 radical (unpaired) electrons. The molecule has 0 heterocycles. The van der Waals surface area contributed by atoms with E-state index in [1.807, 2.05) is 0 Å². The van der Waals surface area contributed by atoms with E-state index in [-0.39, 0.29) is 24.9 Å². The maximum absolute atomic E-state index is 12.7. The molecule has 2 rings (SSSR count). The molecular weight excluding hydrogens is 273 g/mol. The lowest BCUT2D eigenvalue weighted by atomic mass is 10.1. The molecule has 108 valence electrons. The van der Waals surface area contributed by atoms with E-state index in [1.165, 1.54) is 12.1 Å². The van der Waals surface area contributed by atoms with Crippen molar-refractivity contribution in [3.8, 4) is 0 Å². The first-order chi connectivity index (χ1) is 9.26. The third-order valence-electron chi connectivity index (χ3n) is 3.39. The van der Waals surface area contributed by atoms with Crippen molar-refractivity contribution in [3.05, 3.63) is 35.4 Å². The van der Waals surface area contributed by atoms with Crippen LogP contribution in [0.5, 0.6) is 0 Å². The fourth-order valence-electron chi connectivity index (χ4n) is 1.95. The van der Waals surface area contributed by atoms with Gasteiger partial charge < -0.3 is 11.1 Å². The molecule has 0 aliphatic heterocycles. The van der Waals surface area contributed by atoms with Crippen LogP contribution in [0.4, 0.5) is 13.2 Å². The molecule has 20 heavy (non-hydrogen) atoms. The lowest BCUT2D eigenvalue weighted by molar-refractivity contribution is -0.192. The van der Waals surface area contributed by atoms with E-state index in [0.717, 1.165) is 0 Å². The first-order valence-corrected chi connectivity index (χ1v) is 6.00. The highest BCUT2D eigenvalue weighted by Crippen LogP contribution is 2.57. The Bertz CT molecular complexity index is 551. The number of rotatable bonds is 4. The summed E-state index contributed by atoms with van der Waals surface area (Å²) < 4.78 is 38.2. The summed E-state index contributed by atoms with van der Waals surface area (Å²) in [6.07, 6.45) is -4.88. The molecule has 1 aromatic carbocycles. The monoisotopic (exact) mass is 286 g/mol. The first kappa shape index (κ1) is 14.4. The second-order valence-electron chi connectivity index (χ2n) is 4.83. The average Bonchev–Trinajstić information content (AvgIpc) is 3.17. The van der Waals surface area contributed by atoms with Crippen molar-refractivity contribution in [1.82, 2.24) is 5.32 Å². The van der Waals surface area contributed by atoms with Crippen LogP contribution in [0.2, 0.25) is 0 Å². The average molecular weight is 286 g/mol. The lowest BCUT2D eigenvalue weighted by Gasteiger charge is -2.18. The largest absolute Gasteiger partial charge is 0.403 e. The van der Waals surface area contributed by atoms with E-state index in [1.54, 1.807) is 12.1 Å². The van der Waals surface area contributed by atoms with Crippen LogP contribution < -0.4 is 11.1 Å². The SMILES string of the molecule is NC(=O)c1cccc(CNC(=O)C2(C(F)(F)F)CC2)c1. The topological polar surface area (TPSA) is 72.2 Å². The quantitative estimate of drug-likeness (QED) is 0.885. The van der Waals surface area contributed by atoms with E-state index in [2.05, 4.69) is 5.32 Å². The van der Waals surface area contributed by atoms with E-state index in [4.69, 9.17) is 5.73 Å². The van der Waals surface area contributed by atoms with Crippen molar-refractivity contribution in [3.63, 3.8) is 0 Å². The summed E-state index contributed by atoms with van der Waals surface area (Å²) >= 11 is 0. The third kappa shape index (κ3) is 2.61. The summed E-state index contributed by atoms with van der Waals surface area (Å²) in [5.74, 6) is -1.65. The highest BCUT2D eigenvalue weighted by molar-refractivity contribution is 5.93. The van der Waals surface area contributed by atoms with Gasteiger partial charge in [-0.05, 0) is 30.5 Å². The maximum Gasteiger partial charge on any atom is 0.403 e. The van der Waals surface area contributed by atoms with Crippen molar-refractivity contribution in [2.45, 2.75) is 25.6 Å². The Morgan fingerprint density at radius 2 is 1.95 bits per heavy atom. The van der Waals surface area contributed by atoms with Crippen LogP contribution in [0.3, 0.4) is 0 Å². The smallest absolute Gasteiger partial charge is 0.366 e. The lowest BCUT2D eigenvalue weighted by Crippen LogP contribution is -2.40. The van der Waals surface area contributed by atoms with Gasteiger partial charge in [0.25, 0.3) is 0 Å². The minimum Gasteiger partial charge on any atom is -0.366 e. The van der Waals surface area contributed by atoms with Crippen LogP contribution in [-0.2, 0) is 11.3 Å². The number of halogens is 3. The number of hydrogen-bond donors (Lipinski definition) is 2. The molecule has 0 aromatic heterocycles. The highest BCUT2D eigenvalue weighted by atomic mass is 19.4. The normalized spacial score (nSPS) is 16.6. The molecule has 1 saturated carbocycles. The Morgan fingerprint density at radius 1 is 1.30 bits per heavy atom. The second-order valence-corrected chi connectivity index (χ2v) is 4.83. The van der Waals surface area contributed by atoms with Crippen LogP contribution in [0.1, 0.15) is 28.8 Å². The van der Waals surface area contributed by atoms with E-state index >= 15 is 0 Å². The molecule has 1 fully saturated rings. The predicted octanol–water partition coefficient (Wildman–Crippen LogP) is 1.74. The molecule has 0 unspecified atom stereocenters. The van der Waals surface area contributed by atoms with Crippen molar-refractivity contribution < 1.29 is 22.8 Å². The van der Waals surface area contributed by atoms with Crippen LogP contribution in [0.25, 0.3) is 0 Å². The Balaban J connectivity index is 2.01. The fourth-order valence-corrected chi connectivity index (χ4v) is 1.95. The third-order valence-corrected chi connectivity index (χ3v) is 3.39. The first-order valence-electron chi connectivity index (χ1n) is 6.00. The predicted molar refractivity (Wildman–Crippen MR) is 64.5 cm³/mol. The number of alkyl halides is 3.